The number of aryl methyl sites for hydroxylation is 2. The average Bonchev–Trinajstić information content (AvgIpc) is 2.59. The van der Waals surface area contributed by atoms with Crippen LogP contribution in [0.5, 0.6) is 11.5 Å². The van der Waals surface area contributed by atoms with Gasteiger partial charge in [0.15, 0.2) is 5.75 Å². The molecule has 0 aliphatic carbocycles. The van der Waals surface area contributed by atoms with E-state index in [0.29, 0.717) is 0 Å². The highest BCUT2D eigenvalue weighted by Gasteiger charge is 2.13. The SMILES string of the molecule is CNCc1cc(Br)ccc1Oc1c(C)nn(C)c1C. The fourth-order valence-electron chi connectivity index (χ4n) is 1.99. The molecule has 2 rings (SSSR count). The Morgan fingerprint density at radius 2 is 2.11 bits per heavy atom. The second-order valence-corrected chi connectivity index (χ2v) is 5.42. The van der Waals surface area contributed by atoms with Crippen LogP contribution in [0.25, 0.3) is 0 Å². The normalized spacial score (nSPS) is 10.8. The lowest BCUT2D eigenvalue weighted by molar-refractivity contribution is 0.466. The number of nitrogens with zero attached hydrogens (tertiary/aromatic N) is 2. The molecule has 0 amide bonds. The van der Waals surface area contributed by atoms with Crippen molar-refractivity contribution in [2.75, 3.05) is 7.05 Å². The largest absolute Gasteiger partial charge is 0.453 e. The Morgan fingerprint density at radius 1 is 1.37 bits per heavy atom. The molecule has 5 heteroatoms. The molecule has 1 aromatic heterocycles. The Bertz CT molecular complexity index is 593. The predicted molar refractivity (Wildman–Crippen MR) is 79.7 cm³/mol. The molecule has 0 saturated carbocycles. The second-order valence-electron chi connectivity index (χ2n) is 4.51. The lowest BCUT2D eigenvalue weighted by Gasteiger charge is -2.11. The lowest BCUT2D eigenvalue weighted by Crippen LogP contribution is -2.06. The van der Waals surface area contributed by atoms with Crippen LogP contribution < -0.4 is 10.1 Å². The van der Waals surface area contributed by atoms with Crippen molar-refractivity contribution in [3.8, 4) is 11.5 Å². The van der Waals surface area contributed by atoms with Gasteiger partial charge in [0.25, 0.3) is 0 Å². The van der Waals surface area contributed by atoms with Crippen LogP contribution in [-0.2, 0) is 13.6 Å². The summed E-state index contributed by atoms with van der Waals surface area (Å²) in [4.78, 5) is 0. The Morgan fingerprint density at radius 3 is 2.68 bits per heavy atom. The van der Waals surface area contributed by atoms with Crippen molar-refractivity contribution in [1.82, 2.24) is 15.1 Å². The predicted octanol–water partition coefficient (Wildman–Crippen LogP) is 3.31. The summed E-state index contributed by atoms with van der Waals surface area (Å²) in [6.07, 6.45) is 0. The molecule has 0 atom stereocenters. The molecule has 0 aliphatic heterocycles. The van der Waals surface area contributed by atoms with E-state index in [2.05, 4.69) is 32.4 Å². The van der Waals surface area contributed by atoms with E-state index in [0.717, 1.165) is 39.5 Å². The smallest absolute Gasteiger partial charge is 0.171 e. The molecule has 2 aromatic rings. The maximum absolute atomic E-state index is 6.06. The first kappa shape index (κ1) is 14.1. The molecular weight excluding hydrogens is 306 g/mol. The van der Waals surface area contributed by atoms with Crippen LogP contribution in [0.2, 0.25) is 0 Å². The topological polar surface area (TPSA) is 39.1 Å². The fourth-order valence-corrected chi connectivity index (χ4v) is 2.40. The third-order valence-corrected chi connectivity index (χ3v) is 3.54. The van der Waals surface area contributed by atoms with Gasteiger partial charge in [-0.1, -0.05) is 15.9 Å². The molecule has 1 N–H and O–H groups in total. The second kappa shape index (κ2) is 5.75. The van der Waals surface area contributed by atoms with Gasteiger partial charge in [0.1, 0.15) is 11.4 Å². The molecule has 0 aliphatic rings. The van der Waals surface area contributed by atoms with Gasteiger partial charge in [-0.25, -0.2) is 0 Å². The fraction of sp³-hybridized carbons (Fsp3) is 0.357. The van der Waals surface area contributed by atoms with E-state index < -0.39 is 0 Å². The molecule has 102 valence electrons. The first-order valence-electron chi connectivity index (χ1n) is 6.14. The highest BCUT2D eigenvalue weighted by atomic mass is 79.9. The minimum Gasteiger partial charge on any atom is -0.453 e. The monoisotopic (exact) mass is 323 g/mol. The molecule has 0 radical (unpaired) electrons. The Kier molecular flexibility index (Phi) is 4.27. The minimum absolute atomic E-state index is 0.757. The van der Waals surface area contributed by atoms with E-state index >= 15 is 0 Å². The van der Waals surface area contributed by atoms with Gasteiger partial charge in [0.05, 0.1) is 5.69 Å². The summed E-state index contributed by atoms with van der Waals surface area (Å²) in [5.41, 5.74) is 3.04. The van der Waals surface area contributed by atoms with Crippen LogP contribution in [0, 0.1) is 13.8 Å². The number of hydrogen-bond donors (Lipinski definition) is 1. The van der Waals surface area contributed by atoms with Gasteiger partial charge in [-0.3, -0.25) is 4.68 Å². The van der Waals surface area contributed by atoms with E-state index in [4.69, 9.17) is 4.74 Å². The summed E-state index contributed by atoms with van der Waals surface area (Å²) in [5.74, 6) is 1.69. The quantitative estimate of drug-likeness (QED) is 0.938. The molecule has 4 nitrogen and oxygen atoms in total. The Balaban J connectivity index is 2.37. The number of aromatic nitrogens is 2. The third-order valence-electron chi connectivity index (χ3n) is 3.04. The van der Waals surface area contributed by atoms with Crippen molar-refractivity contribution in [2.24, 2.45) is 7.05 Å². The maximum Gasteiger partial charge on any atom is 0.171 e. The maximum atomic E-state index is 6.06. The van der Waals surface area contributed by atoms with Crippen LogP contribution in [0.1, 0.15) is 17.0 Å². The zero-order valence-corrected chi connectivity index (χ0v) is 13.2. The van der Waals surface area contributed by atoms with Gasteiger partial charge in [-0.15, -0.1) is 0 Å². The summed E-state index contributed by atoms with van der Waals surface area (Å²) in [6.45, 7) is 4.72. The molecule has 0 saturated heterocycles. The van der Waals surface area contributed by atoms with Crippen LogP contribution in [-0.4, -0.2) is 16.8 Å². The lowest BCUT2D eigenvalue weighted by atomic mass is 10.2. The van der Waals surface area contributed by atoms with E-state index in [1.54, 1.807) is 0 Å². The summed E-state index contributed by atoms with van der Waals surface area (Å²) in [6, 6.07) is 6.02. The van der Waals surface area contributed by atoms with Crippen LogP contribution in [0.3, 0.4) is 0 Å². The van der Waals surface area contributed by atoms with Crippen molar-refractivity contribution in [3.05, 3.63) is 39.6 Å². The zero-order chi connectivity index (χ0) is 14.0. The Hall–Kier alpha value is -1.33. The number of rotatable bonds is 4. The van der Waals surface area contributed by atoms with Gasteiger partial charge in [0, 0.05) is 23.6 Å². The first-order valence-corrected chi connectivity index (χ1v) is 6.93. The van der Waals surface area contributed by atoms with Gasteiger partial charge < -0.3 is 10.1 Å². The standard InChI is InChI=1S/C14H18BrN3O/c1-9-14(10(2)18(4)17-9)19-13-6-5-12(15)7-11(13)8-16-3/h5-7,16H,8H2,1-4H3. The van der Waals surface area contributed by atoms with Crippen molar-refractivity contribution >= 4 is 15.9 Å². The number of hydrogen-bond acceptors (Lipinski definition) is 3. The van der Waals surface area contributed by atoms with Gasteiger partial charge in [-0.05, 0) is 39.1 Å². The summed E-state index contributed by atoms with van der Waals surface area (Å²) < 4.78 is 8.94. The van der Waals surface area contributed by atoms with Crippen molar-refractivity contribution in [2.45, 2.75) is 20.4 Å². The zero-order valence-electron chi connectivity index (χ0n) is 11.6. The molecule has 19 heavy (non-hydrogen) atoms. The Labute approximate surface area is 121 Å². The van der Waals surface area contributed by atoms with Crippen LogP contribution >= 0.6 is 15.9 Å². The minimum atomic E-state index is 0.757. The van der Waals surface area contributed by atoms with E-state index in [1.165, 1.54) is 0 Å². The molecule has 0 bridgehead atoms. The highest BCUT2D eigenvalue weighted by Crippen LogP contribution is 2.31. The number of benzene rings is 1. The first-order chi connectivity index (χ1) is 9.02. The molecular formula is C14H18BrN3O. The van der Waals surface area contributed by atoms with Gasteiger partial charge in [0.2, 0.25) is 0 Å². The highest BCUT2D eigenvalue weighted by molar-refractivity contribution is 9.10. The molecule has 1 heterocycles. The molecule has 0 unspecified atom stereocenters. The van der Waals surface area contributed by atoms with Gasteiger partial charge >= 0.3 is 0 Å². The van der Waals surface area contributed by atoms with E-state index in [-0.39, 0.29) is 0 Å². The molecule has 0 fully saturated rings. The number of ether oxygens (including phenoxy) is 1. The average molecular weight is 324 g/mol. The molecule has 1 aromatic carbocycles. The van der Waals surface area contributed by atoms with Crippen LogP contribution in [0.4, 0.5) is 0 Å². The number of nitrogens with one attached hydrogen (secondary N) is 1. The third kappa shape index (κ3) is 2.98. The summed E-state index contributed by atoms with van der Waals surface area (Å²) in [7, 11) is 3.84. The van der Waals surface area contributed by atoms with Crippen molar-refractivity contribution in [3.63, 3.8) is 0 Å². The van der Waals surface area contributed by atoms with Gasteiger partial charge in [-0.2, -0.15) is 5.10 Å². The van der Waals surface area contributed by atoms with Crippen molar-refractivity contribution in [1.29, 1.82) is 0 Å². The van der Waals surface area contributed by atoms with Crippen LogP contribution in [0.15, 0.2) is 22.7 Å². The number of halogens is 1. The van der Waals surface area contributed by atoms with E-state index in [9.17, 15) is 0 Å². The van der Waals surface area contributed by atoms with Crippen molar-refractivity contribution < 1.29 is 4.74 Å². The summed E-state index contributed by atoms with van der Waals surface area (Å²) in [5, 5.41) is 7.52. The molecule has 0 spiro atoms. The summed E-state index contributed by atoms with van der Waals surface area (Å²) >= 11 is 3.48. The van der Waals surface area contributed by atoms with E-state index in [1.807, 2.05) is 44.8 Å².